The molecule has 10 heteroatoms. The molecule has 0 radical (unpaired) electrons. The summed E-state index contributed by atoms with van der Waals surface area (Å²) in [5.74, 6) is -0.171. The standard InChI is InChI=1S/C27H28N4O5S/c28-27(32)25-26(22-12-7-13-23(24(22)30-25)29-16-19-8-3-1-4-9-19)37(33,34)31-14-15-35-21(17-31)18-36-20-10-5-2-6-11-20/h1-13,21,29-30H,14-18H2,(H2,28,32)/t21-/m0/s1. The van der Waals surface area contributed by atoms with Gasteiger partial charge in [-0.15, -0.1) is 0 Å². The Hall–Kier alpha value is -3.86. The molecule has 9 nitrogen and oxygen atoms in total. The second kappa shape index (κ2) is 10.6. The van der Waals surface area contributed by atoms with Crippen molar-refractivity contribution in [1.29, 1.82) is 0 Å². The van der Waals surface area contributed by atoms with Crippen molar-refractivity contribution in [2.75, 3.05) is 31.6 Å². The number of nitrogens with two attached hydrogens (primary N) is 1. The summed E-state index contributed by atoms with van der Waals surface area (Å²) in [5, 5.41) is 3.72. The molecule has 1 atom stereocenters. The van der Waals surface area contributed by atoms with Crippen molar-refractivity contribution in [3.05, 3.63) is 90.1 Å². The van der Waals surface area contributed by atoms with Crippen LogP contribution in [0, 0.1) is 0 Å². The first-order chi connectivity index (χ1) is 17.9. The number of para-hydroxylation sites is 2. The Labute approximate surface area is 215 Å². The molecule has 1 aliphatic rings. The van der Waals surface area contributed by atoms with Gasteiger partial charge in [0.25, 0.3) is 5.91 Å². The SMILES string of the molecule is NC(=O)c1[nH]c2c(NCc3ccccc3)cccc2c1S(=O)(=O)N1CCO[C@H](COc2ccccc2)C1. The zero-order valence-corrected chi connectivity index (χ0v) is 20.9. The molecule has 2 heterocycles. The molecule has 1 aliphatic heterocycles. The first kappa shape index (κ1) is 24.8. The van der Waals surface area contributed by atoms with E-state index in [-0.39, 0.29) is 36.9 Å². The van der Waals surface area contributed by atoms with E-state index in [0.717, 1.165) is 5.56 Å². The third-order valence-electron chi connectivity index (χ3n) is 6.24. The fourth-order valence-electron chi connectivity index (χ4n) is 4.42. The third kappa shape index (κ3) is 5.31. The number of hydrogen-bond donors (Lipinski definition) is 3. The van der Waals surface area contributed by atoms with Gasteiger partial charge in [-0.25, -0.2) is 8.42 Å². The quantitative estimate of drug-likeness (QED) is 0.311. The number of carbonyl (C=O) groups excluding carboxylic acids is 1. The smallest absolute Gasteiger partial charge is 0.266 e. The van der Waals surface area contributed by atoms with Crippen LogP contribution in [0.3, 0.4) is 0 Å². The number of nitrogens with zero attached hydrogens (tertiary/aromatic N) is 1. The number of anilines is 1. The number of nitrogens with one attached hydrogen (secondary N) is 2. The van der Waals surface area contributed by atoms with Gasteiger partial charge < -0.3 is 25.5 Å². The molecule has 1 aromatic heterocycles. The maximum Gasteiger partial charge on any atom is 0.266 e. The Morgan fingerprint density at radius 2 is 1.78 bits per heavy atom. The molecule has 3 aromatic carbocycles. The molecule has 0 bridgehead atoms. The number of aromatic nitrogens is 1. The molecule has 0 unspecified atom stereocenters. The van der Waals surface area contributed by atoms with Crippen molar-refractivity contribution in [3.63, 3.8) is 0 Å². The van der Waals surface area contributed by atoms with Crippen LogP contribution >= 0.6 is 0 Å². The van der Waals surface area contributed by atoms with E-state index < -0.39 is 22.0 Å². The highest BCUT2D eigenvalue weighted by Gasteiger charge is 2.36. The first-order valence-corrected chi connectivity index (χ1v) is 13.4. The highest BCUT2D eigenvalue weighted by molar-refractivity contribution is 7.89. The average Bonchev–Trinajstić information content (AvgIpc) is 3.34. The lowest BCUT2D eigenvalue weighted by Gasteiger charge is -2.32. The summed E-state index contributed by atoms with van der Waals surface area (Å²) in [5.41, 5.74) is 7.73. The van der Waals surface area contributed by atoms with E-state index in [2.05, 4.69) is 10.3 Å². The van der Waals surface area contributed by atoms with E-state index in [1.54, 1.807) is 12.1 Å². The Morgan fingerprint density at radius 3 is 2.51 bits per heavy atom. The van der Waals surface area contributed by atoms with Gasteiger partial charge in [0.1, 0.15) is 29.0 Å². The molecule has 1 amide bonds. The molecule has 37 heavy (non-hydrogen) atoms. The summed E-state index contributed by atoms with van der Waals surface area (Å²) in [7, 11) is -4.08. The normalized spacial score (nSPS) is 16.5. The second-order valence-electron chi connectivity index (χ2n) is 8.74. The van der Waals surface area contributed by atoms with Crippen molar-refractivity contribution in [1.82, 2.24) is 9.29 Å². The Morgan fingerprint density at radius 1 is 1.05 bits per heavy atom. The fourth-order valence-corrected chi connectivity index (χ4v) is 6.21. The van der Waals surface area contributed by atoms with E-state index in [0.29, 0.717) is 28.9 Å². The number of benzene rings is 3. The van der Waals surface area contributed by atoms with E-state index in [1.165, 1.54) is 4.31 Å². The molecule has 0 spiro atoms. The van der Waals surface area contributed by atoms with Crippen molar-refractivity contribution in [2.45, 2.75) is 17.5 Å². The maximum atomic E-state index is 13.9. The van der Waals surface area contributed by atoms with Gasteiger partial charge in [-0.2, -0.15) is 4.31 Å². The summed E-state index contributed by atoms with van der Waals surface area (Å²) in [6, 6.07) is 24.3. The summed E-state index contributed by atoms with van der Waals surface area (Å²) in [6.45, 7) is 1.17. The van der Waals surface area contributed by atoms with Gasteiger partial charge in [-0.1, -0.05) is 60.7 Å². The molecule has 5 rings (SSSR count). The largest absolute Gasteiger partial charge is 0.491 e. The number of morpholine rings is 1. The number of aromatic amines is 1. The minimum absolute atomic E-state index is 0.0893. The molecule has 1 fully saturated rings. The van der Waals surface area contributed by atoms with Gasteiger partial charge >= 0.3 is 0 Å². The number of rotatable bonds is 9. The van der Waals surface area contributed by atoms with E-state index in [9.17, 15) is 13.2 Å². The number of fused-ring (bicyclic) bond motifs is 1. The fraction of sp³-hybridized carbons (Fsp3) is 0.222. The lowest BCUT2D eigenvalue weighted by atomic mass is 10.2. The summed E-state index contributed by atoms with van der Waals surface area (Å²) < 4.78 is 40.6. The first-order valence-electron chi connectivity index (χ1n) is 12.0. The second-order valence-corrected chi connectivity index (χ2v) is 10.6. The molecule has 0 aliphatic carbocycles. The summed E-state index contributed by atoms with van der Waals surface area (Å²) in [6.07, 6.45) is -0.464. The number of amides is 1. The van der Waals surface area contributed by atoms with Gasteiger partial charge in [-0.3, -0.25) is 4.79 Å². The number of carbonyl (C=O) groups is 1. The van der Waals surface area contributed by atoms with Crippen molar-refractivity contribution in [2.24, 2.45) is 5.73 Å². The number of hydrogen-bond acceptors (Lipinski definition) is 6. The minimum atomic E-state index is -4.08. The highest BCUT2D eigenvalue weighted by Crippen LogP contribution is 2.34. The molecule has 1 saturated heterocycles. The average molecular weight is 521 g/mol. The van der Waals surface area contributed by atoms with Crippen molar-refractivity contribution in [3.8, 4) is 5.75 Å². The molecular weight excluding hydrogens is 492 g/mol. The number of ether oxygens (including phenoxy) is 2. The lowest BCUT2D eigenvalue weighted by molar-refractivity contribution is -0.0249. The molecule has 0 saturated carbocycles. The Bertz CT molecular complexity index is 1490. The predicted molar refractivity (Wildman–Crippen MR) is 141 cm³/mol. The van der Waals surface area contributed by atoms with Gasteiger partial charge in [0.05, 0.1) is 17.8 Å². The molecule has 4 aromatic rings. The van der Waals surface area contributed by atoms with Gasteiger partial charge in [-0.05, 0) is 23.8 Å². The van der Waals surface area contributed by atoms with Crippen LogP contribution < -0.4 is 15.8 Å². The Balaban J connectivity index is 1.42. The maximum absolute atomic E-state index is 13.9. The third-order valence-corrected chi connectivity index (χ3v) is 8.19. The van der Waals surface area contributed by atoms with Crippen LogP contribution in [0.5, 0.6) is 5.75 Å². The minimum Gasteiger partial charge on any atom is -0.491 e. The molecule has 192 valence electrons. The topological polar surface area (TPSA) is 127 Å². The van der Waals surface area contributed by atoms with E-state index >= 15 is 0 Å². The molecular formula is C27H28N4O5S. The van der Waals surface area contributed by atoms with Crippen LogP contribution in [0.1, 0.15) is 16.1 Å². The zero-order chi connectivity index (χ0) is 25.8. The lowest BCUT2D eigenvalue weighted by Crippen LogP contribution is -2.47. The summed E-state index contributed by atoms with van der Waals surface area (Å²) in [4.78, 5) is 15.2. The van der Waals surface area contributed by atoms with Crippen LogP contribution in [0.25, 0.3) is 10.9 Å². The van der Waals surface area contributed by atoms with Crippen LogP contribution in [0.4, 0.5) is 5.69 Å². The summed E-state index contributed by atoms with van der Waals surface area (Å²) >= 11 is 0. The van der Waals surface area contributed by atoms with Crippen molar-refractivity contribution < 1.29 is 22.7 Å². The van der Waals surface area contributed by atoms with Gasteiger partial charge in [0.15, 0.2) is 0 Å². The predicted octanol–water partition coefficient (Wildman–Crippen LogP) is 3.35. The van der Waals surface area contributed by atoms with Crippen LogP contribution in [-0.4, -0.2) is 56.0 Å². The zero-order valence-electron chi connectivity index (χ0n) is 20.1. The van der Waals surface area contributed by atoms with E-state index in [4.69, 9.17) is 15.2 Å². The number of H-pyrrole nitrogens is 1. The monoisotopic (exact) mass is 520 g/mol. The van der Waals surface area contributed by atoms with Crippen LogP contribution in [0.2, 0.25) is 0 Å². The Kier molecular flexibility index (Phi) is 7.13. The van der Waals surface area contributed by atoms with Gasteiger partial charge in [0.2, 0.25) is 10.0 Å². The van der Waals surface area contributed by atoms with Crippen LogP contribution in [0.15, 0.2) is 83.8 Å². The molecule has 4 N–H and O–H groups in total. The van der Waals surface area contributed by atoms with Gasteiger partial charge in [0, 0.05) is 25.0 Å². The van der Waals surface area contributed by atoms with Crippen molar-refractivity contribution >= 4 is 32.5 Å². The highest BCUT2D eigenvalue weighted by atomic mass is 32.2. The number of primary amides is 1. The van der Waals surface area contributed by atoms with E-state index in [1.807, 2.05) is 66.7 Å². The number of sulfonamides is 1. The van der Waals surface area contributed by atoms with Crippen LogP contribution in [-0.2, 0) is 21.3 Å².